The fourth-order valence-electron chi connectivity index (χ4n) is 1.19. The van der Waals surface area contributed by atoms with Crippen molar-refractivity contribution in [2.45, 2.75) is 4.90 Å². The quantitative estimate of drug-likeness (QED) is 0.639. The molecule has 1 aromatic carbocycles. The number of halogens is 1. The average Bonchev–Trinajstić information content (AvgIpc) is 2.81. The molecule has 0 saturated carbocycles. The highest BCUT2D eigenvalue weighted by Crippen LogP contribution is 2.25. The number of benzene rings is 1. The predicted molar refractivity (Wildman–Crippen MR) is 68.4 cm³/mol. The van der Waals surface area contributed by atoms with Gasteiger partial charge in [-0.1, -0.05) is 15.9 Å². The number of hydrogen-bond donors (Lipinski definition) is 0. The number of rotatable bonds is 3. The lowest BCUT2D eigenvalue weighted by atomic mass is 10.4. The third kappa shape index (κ3) is 3.08. The highest BCUT2D eigenvalue weighted by atomic mass is 79.9. The second-order valence-electron chi connectivity index (χ2n) is 3.16. The zero-order valence-corrected chi connectivity index (χ0v) is 11.0. The van der Waals surface area contributed by atoms with E-state index >= 15 is 0 Å². The number of thioether (sulfide) groups is 1. The van der Waals surface area contributed by atoms with Gasteiger partial charge in [-0.15, -0.1) is 0 Å². The molecule has 3 nitrogen and oxygen atoms in total. The molecule has 2 rings (SSSR count). The van der Waals surface area contributed by atoms with Crippen LogP contribution in [-0.4, -0.2) is 11.4 Å². The molecule has 0 radical (unpaired) electrons. The van der Waals surface area contributed by atoms with Gasteiger partial charge in [-0.05, 0) is 48.2 Å². The first-order valence-electron chi connectivity index (χ1n) is 4.72. The van der Waals surface area contributed by atoms with Crippen LogP contribution in [0.15, 0.2) is 50.2 Å². The number of furan rings is 1. The molecule has 0 N–H and O–H groups in total. The Hall–Kier alpha value is -1.33. The number of aldehydes is 1. The fourth-order valence-corrected chi connectivity index (χ4v) is 2.15. The molecule has 1 aromatic heterocycles. The van der Waals surface area contributed by atoms with Gasteiger partial charge in [-0.2, -0.15) is 0 Å². The van der Waals surface area contributed by atoms with Gasteiger partial charge in [-0.3, -0.25) is 9.59 Å². The van der Waals surface area contributed by atoms with Crippen LogP contribution in [0.1, 0.15) is 21.1 Å². The molecule has 2 aromatic rings. The number of carbonyl (C=O) groups is 2. The lowest BCUT2D eigenvalue weighted by Gasteiger charge is -1.98. The SMILES string of the molecule is O=Cc1ccc(C(=O)Sc2ccc(Br)cc2)o1. The molecule has 1 heterocycles. The Bertz CT molecular complexity index is 545. The molecule has 0 aliphatic rings. The Morgan fingerprint density at radius 3 is 2.47 bits per heavy atom. The van der Waals surface area contributed by atoms with E-state index in [9.17, 15) is 9.59 Å². The van der Waals surface area contributed by atoms with Crippen molar-refractivity contribution < 1.29 is 14.0 Å². The van der Waals surface area contributed by atoms with Crippen LogP contribution in [0.3, 0.4) is 0 Å². The summed E-state index contributed by atoms with van der Waals surface area (Å²) in [7, 11) is 0. The maximum Gasteiger partial charge on any atom is 0.259 e. The second kappa shape index (κ2) is 5.33. The monoisotopic (exact) mass is 310 g/mol. The first-order valence-corrected chi connectivity index (χ1v) is 6.33. The van der Waals surface area contributed by atoms with Crippen LogP contribution in [0, 0.1) is 0 Å². The van der Waals surface area contributed by atoms with Crippen molar-refractivity contribution >= 4 is 39.1 Å². The zero-order chi connectivity index (χ0) is 12.3. The van der Waals surface area contributed by atoms with E-state index < -0.39 is 0 Å². The third-order valence-corrected chi connectivity index (χ3v) is 3.39. The van der Waals surface area contributed by atoms with E-state index in [4.69, 9.17) is 4.42 Å². The lowest BCUT2D eigenvalue weighted by Crippen LogP contribution is -1.89. The Balaban J connectivity index is 2.11. The van der Waals surface area contributed by atoms with Gasteiger partial charge < -0.3 is 4.42 Å². The van der Waals surface area contributed by atoms with Gasteiger partial charge in [0.2, 0.25) is 0 Å². The van der Waals surface area contributed by atoms with Crippen molar-refractivity contribution in [2.75, 3.05) is 0 Å². The maximum atomic E-state index is 11.8. The molecule has 5 heteroatoms. The van der Waals surface area contributed by atoms with Crippen molar-refractivity contribution in [2.24, 2.45) is 0 Å². The molecule has 0 amide bonds. The topological polar surface area (TPSA) is 47.3 Å². The van der Waals surface area contributed by atoms with Crippen LogP contribution in [0.2, 0.25) is 0 Å². The highest BCUT2D eigenvalue weighted by molar-refractivity contribution is 9.10. The Morgan fingerprint density at radius 1 is 1.18 bits per heavy atom. The minimum Gasteiger partial charge on any atom is -0.449 e. The summed E-state index contributed by atoms with van der Waals surface area (Å²) in [4.78, 5) is 23.0. The molecule has 0 fully saturated rings. The highest BCUT2D eigenvalue weighted by Gasteiger charge is 2.12. The third-order valence-electron chi connectivity index (χ3n) is 1.97. The van der Waals surface area contributed by atoms with E-state index in [0.29, 0.717) is 6.29 Å². The summed E-state index contributed by atoms with van der Waals surface area (Å²) in [6, 6.07) is 10.3. The van der Waals surface area contributed by atoms with Gasteiger partial charge in [-0.25, -0.2) is 0 Å². The van der Waals surface area contributed by atoms with E-state index in [1.807, 2.05) is 24.3 Å². The van der Waals surface area contributed by atoms with E-state index in [-0.39, 0.29) is 16.6 Å². The molecule has 0 spiro atoms. The molecule has 0 aliphatic heterocycles. The van der Waals surface area contributed by atoms with Crippen molar-refractivity contribution in [1.29, 1.82) is 0 Å². The molecule has 17 heavy (non-hydrogen) atoms. The van der Waals surface area contributed by atoms with E-state index in [2.05, 4.69) is 15.9 Å². The first kappa shape index (κ1) is 12.1. The van der Waals surface area contributed by atoms with Crippen molar-refractivity contribution in [1.82, 2.24) is 0 Å². The molecule has 0 aliphatic carbocycles. The summed E-state index contributed by atoms with van der Waals surface area (Å²) < 4.78 is 6.00. The van der Waals surface area contributed by atoms with Gasteiger partial charge in [0, 0.05) is 9.37 Å². The van der Waals surface area contributed by atoms with Crippen molar-refractivity contribution in [3.05, 3.63) is 52.4 Å². The first-order chi connectivity index (χ1) is 8.19. The number of hydrogen-bond acceptors (Lipinski definition) is 4. The lowest BCUT2D eigenvalue weighted by molar-refractivity contribution is 0.105. The van der Waals surface area contributed by atoms with Crippen molar-refractivity contribution in [3.8, 4) is 0 Å². The summed E-state index contributed by atoms with van der Waals surface area (Å²) in [6.45, 7) is 0. The van der Waals surface area contributed by atoms with Gasteiger partial charge in [0.05, 0.1) is 0 Å². The summed E-state index contributed by atoms with van der Waals surface area (Å²) >= 11 is 4.38. The predicted octanol–water partition coefficient (Wildman–Crippen LogP) is 3.79. The molecule has 0 saturated heterocycles. The van der Waals surface area contributed by atoms with Crippen molar-refractivity contribution in [3.63, 3.8) is 0 Å². The minimum absolute atomic E-state index is 0.157. The Labute approximate surface area is 110 Å². The Morgan fingerprint density at radius 2 is 1.88 bits per heavy atom. The van der Waals surface area contributed by atoms with E-state index in [1.165, 1.54) is 12.1 Å². The van der Waals surface area contributed by atoms with Crippen LogP contribution in [0.5, 0.6) is 0 Å². The van der Waals surface area contributed by atoms with Crippen LogP contribution < -0.4 is 0 Å². The van der Waals surface area contributed by atoms with E-state index in [1.54, 1.807) is 0 Å². The van der Waals surface area contributed by atoms with Gasteiger partial charge in [0.15, 0.2) is 17.8 Å². The largest absolute Gasteiger partial charge is 0.449 e. The number of carbonyl (C=O) groups excluding carboxylic acids is 2. The maximum absolute atomic E-state index is 11.8. The van der Waals surface area contributed by atoms with Gasteiger partial charge in [0.1, 0.15) is 0 Å². The molecule has 0 unspecified atom stereocenters. The van der Waals surface area contributed by atoms with Crippen LogP contribution in [0.25, 0.3) is 0 Å². The fraction of sp³-hybridized carbons (Fsp3) is 0. The molecule has 86 valence electrons. The van der Waals surface area contributed by atoms with Gasteiger partial charge in [0.25, 0.3) is 5.12 Å². The molecular weight excluding hydrogens is 304 g/mol. The minimum atomic E-state index is -0.222. The zero-order valence-electron chi connectivity index (χ0n) is 8.55. The molecule has 0 bridgehead atoms. The summed E-state index contributed by atoms with van der Waals surface area (Å²) in [5.74, 6) is 0.338. The van der Waals surface area contributed by atoms with Crippen LogP contribution in [0.4, 0.5) is 0 Å². The van der Waals surface area contributed by atoms with E-state index in [0.717, 1.165) is 21.1 Å². The summed E-state index contributed by atoms with van der Waals surface area (Å²) in [5, 5.41) is -0.222. The summed E-state index contributed by atoms with van der Waals surface area (Å²) in [5.41, 5.74) is 0. The molecule has 0 atom stereocenters. The Kier molecular flexibility index (Phi) is 3.81. The normalized spacial score (nSPS) is 10.2. The van der Waals surface area contributed by atoms with Gasteiger partial charge >= 0.3 is 0 Å². The molecular formula is C12H7BrO3S. The standard InChI is InChI=1S/C12H7BrO3S/c13-8-1-4-10(5-2-8)17-12(15)11-6-3-9(7-14)16-11/h1-7H. The smallest absolute Gasteiger partial charge is 0.259 e. The van der Waals surface area contributed by atoms with Crippen LogP contribution in [-0.2, 0) is 0 Å². The van der Waals surface area contributed by atoms with Crippen LogP contribution >= 0.6 is 27.7 Å². The summed E-state index contributed by atoms with van der Waals surface area (Å²) in [6.07, 6.45) is 0.571. The second-order valence-corrected chi connectivity index (χ2v) is 5.13. The average molecular weight is 311 g/mol.